The number of hydrogen-bond acceptors (Lipinski definition) is 15. The summed E-state index contributed by atoms with van der Waals surface area (Å²) >= 11 is 0. The van der Waals surface area contributed by atoms with Crippen molar-refractivity contribution in [3.05, 3.63) is 83.4 Å². The van der Waals surface area contributed by atoms with E-state index in [0.29, 0.717) is 29.5 Å². The summed E-state index contributed by atoms with van der Waals surface area (Å²) in [7, 11) is 8.45. The van der Waals surface area contributed by atoms with Gasteiger partial charge in [-0.3, -0.25) is 9.59 Å². The van der Waals surface area contributed by atoms with Crippen LogP contribution in [0.25, 0.3) is 0 Å². The first-order valence-electron chi connectivity index (χ1n) is 23.9. The van der Waals surface area contributed by atoms with Gasteiger partial charge in [-0.25, -0.2) is 9.59 Å². The number of ether oxygens (including phenoxy) is 10. The van der Waals surface area contributed by atoms with E-state index in [1.54, 1.807) is 96.5 Å². The zero-order chi connectivity index (χ0) is 50.3. The van der Waals surface area contributed by atoms with Crippen molar-refractivity contribution in [2.24, 2.45) is 17.8 Å². The number of ketones is 1. The Labute approximate surface area is 403 Å². The molecule has 0 N–H and O–H groups in total. The minimum atomic E-state index is -1.27. The zero-order valence-electron chi connectivity index (χ0n) is 42.8. The third-order valence-electron chi connectivity index (χ3n) is 14.5. The minimum absolute atomic E-state index is 0.0961. The fraction of sp³-hybridized carbons (Fsp3) is 0.660. The van der Waals surface area contributed by atoms with Crippen molar-refractivity contribution in [1.29, 1.82) is 0 Å². The van der Waals surface area contributed by atoms with Crippen LogP contribution < -0.4 is 0 Å². The summed E-state index contributed by atoms with van der Waals surface area (Å²) in [6.45, 7) is 18.3. The van der Waals surface area contributed by atoms with Gasteiger partial charge in [0, 0.05) is 39.6 Å². The Hall–Kier alpha value is -4.06. The van der Waals surface area contributed by atoms with Gasteiger partial charge in [0.15, 0.2) is 30.6 Å². The van der Waals surface area contributed by atoms with Crippen LogP contribution in [0.3, 0.4) is 0 Å². The number of methoxy groups -OCH3 is 3. The highest BCUT2D eigenvalue weighted by molar-refractivity contribution is 5.96. The number of benzene rings is 2. The molecule has 0 spiro atoms. The first kappa shape index (κ1) is 54.9. The second kappa shape index (κ2) is 23.2. The van der Waals surface area contributed by atoms with Crippen LogP contribution in [0.4, 0.5) is 0 Å². The van der Waals surface area contributed by atoms with Gasteiger partial charge in [0.05, 0.1) is 53.1 Å². The molecule has 2 aromatic carbocycles. The molecule has 0 saturated carbocycles. The maximum absolute atomic E-state index is 14.8. The molecule has 2 aromatic rings. The number of carbonyl (C=O) groups is 4. The molecular weight excluding hydrogens is 875 g/mol. The lowest BCUT2D eigenvalue weighted by molar-refractivity contribution is -0.318. The number of likely N-dealkylation sites (N-methyl/N-ethyl adjacent to an activating group) is 1. The van der Waals surface area contributed by atoms with E-state index in [2.05, 4.69) is 0 Å². The number of carbonyl (C=O) groups excluding carboxylic acids is 4. The summed E-state index contributed by atoms with van der Waals surface area (Å²) in [4.78, 5) is 58.4. The molecule has 15 heteroatoms. The number of hydrogen-bond donors (Lipinski definition) is 0. The van der Waals surface area contributed by atoms with Crippen LogP contribution in [0.15, 0.2) is 72.3 Å². The van der Waals surface area contributed by atoms with Crippen LogP contribution in [0.5, 0.6) is 0 Å². The van der Waals surface area contributed by atoms with E-state index in [1.807, 2.05) is 72.7 Å². The second-order valence-corrected chi connectivity index (χ2v) is 19.8. The maximum Gasteiger partial charge on any atom is 0.338 e. The largest absolute Gasteiger partial charge is 0.459 e. The van der Waals surface area contributed by atoms with Crippen LogP contribution in [-0.4, -0.2) is 142 Å². The molecule has 0 radical (unpaired) electrons. The molecule has 16 atom stereocenters. The molecule has 3 aliphatic heterocycles. The van der Waals surface area contributed by atoms with E-state index in [1.165, 1.54) is 7.11 Å². The molecule has 3 heterocycles. The maximum atomic E-state index is 14.8. The lowest BCUT2D eigenvalue weighted by atomic mass is 9.76. The van der Waals surface area contributed by atoms with Gasteiger partial charge < -0.3 is 52.3 Å². The number of allylic oxidation sites excluding steroid dienone is 1. The third-order valence-corrected chi connectivity index (χ3v) is 14.5. The molecule has 0 bridgehead atoms. The standard InChI is InChI=1S/C53H77NO14/c1-16-40-51(8,59-13)28-31(2)42(55)32(3)29-52(9,60-14)45(68-50-44(39(54(11)12)27-33(4)62-50)66-48(57)37-23-19-17-20-24-37)34(5)43(35(6)47(56)64-40)65-41-30-53(10,61-15)46(36(7)63-41)67-49(58)38-25-21-18-22-26-38/h17-26,28,32-36,39-41,43-46,50H,16,27,29-30H2,1-15H3/b31-28+/t32-,33-,34+,35-,36+,39+,40-,41+,43-,44-,45-,46+,50+,51+,52+,53-/m1/s1. The molecule has 68 heavy (non-hydrogen) atoms. The first-order valence-corrected chi connectivity index (χ1v) is 23.9. The Balaban J connectivity index is 1.63. The normalized spacial score (nSPS) is 38.4. The number of nitrogens with zero attached hydrogens (tertiary/aromatic N) is 1. The number of Topliss-reactive ketones (excluding diaryl/α,β-unsaturated/α-hetero) is 1. The van der Waals surface area contributed by atoms with Crippen LogP contribution in [-0.2, 0) is 57.0 Å². The van der Waals surface area contributed by atoms with E-state index in [4.69, 9.17) is 47.4 Å². The Morgan fingerprint density at radius 2 is 1.29 bits per heavy atom. The lowest BCUT2D eigenvalue weighted by Crippen LogP contribution is -2.61. The third kappa shape index (κ3) is 12.4. The fourth-order valence-corrected chi connectivity index (χ4v) is 10.3. The van der Waals surface area contributed by atoms with Crippen LogP contribution in [0.1, 0.15) is 116 Å². The molecule has 2 saturated heterocycles. The molecule has 378 valence electrons. The topological polar surface area (TPSA) is 164 Å². The van der Waals surface area contributed by atoms with E-state index >= 15 is 0 Å². The average molecular weight is 952 g/mol. The summed E-state index contributed by atoms with van der Waals surface area (Å²) < 4.78 is 64.9. The molecule has 2 fully saturated rings. The van der Waals surface area contributed by atoms with Gasteiger partial charge in [-0.15, -0.1) is 0 Å². The average Bonchev–Trinajstić information content (AvgIpc) is 3.32. The quantitative estimate of drug-likeness (QED) is 0.141. The van der Waals surface area contributed by atoms with Gasteiger partial charge >= 0.3 is 17.9 Å². The summed E-state index contributed by atoms with van der Waals surface area (Å²) in [5.41, 5.74) is -2.35. The second-order valence-electron chi connectivity index (χ2n) is 19.8. The van der Waals surface area contributed by atoms with Crippen molar-refractivity contribution in [1.82, 2.24) is 4.90 Å². The van der Waals surface area contributed by atoms with Crippen molar-refractivity contribution in [3.8, 4) is 0 Å². The number of esters is 3. The molecule has 0 unspecified atom stereocenters. The van der Waals surface area contributed by atoms with Gasteiger partial charge in [-0.1, -0.05) is 57.2 Å². The summed E-state index contributed by atoms with van der Waals surface area (Å²) in [5.74, 6) is -4.16. The molecule has 0 amide bonds. The highest BCUT2D eigenvalue weighted by Gasteiger charge is 2.54. The molecule has 3 aliphatic rings. The number of cyclic esters (lactones) is 1. The molecular formula is C53H77NO14. The summed E-state index contributed by atoms with van der Waals surface area (Å²) in [5, 5.41) is 0. The highest BCUT2D eigenvalue weighted by Crippen LogP contribution is 2.42. The van der Waals surface area contributed by atoms with Gasteiger partial charge in [0.25, 0.3) is 0 Å². The van der Waals surface area contributed by atoms with Crippen LogP contribution in [0, 0.1) is 17.8 Å². The van der Waals surface area contributed by atoms with E-state index < -0.39 is 102 Å². The Bertz CT molecular complexity index is 2030. The zero-order valence-corrected chi connectivity index (χ0v) is 42.8. The van der Waals surface area contributed by atoms with E-state index in [-0.39, 0.29) is 30.8 Å². The summed E-state index contributed by atoms with van der Waals surface area (Å²) in [6, 6.07) is 17.1. The molecule has 0 aliphatic carbocycles. The van der Waals surface area contributed by atoms with Crippen molar-refractivity contribution in [2.45, 2.75) is 173 Å². The van der Waals surface area contributed by atoms with Crippen molar-refractivity contribution < 1.29 is 66.5 Å². The van der Waals surface area contributed by atoms with Gasteiger partial charge in [-0.05, 0) is 118 Å². The molecule has 0 aromatic heterocycles. The van der Waals surface area contributed by atoms with Crippen molar-refractivity contribution in [3.63, 3.8) is 0 Å². The van der Waals surface area contributed by atoms with E-state index in [9.17, 15) is 19.2 Å². The van der Waals surface area contributed by atoms with Crippen molar-refractivity contribution >= 4 is 23.7 Å². The Kier molecular flexibility index (Phi) is 18.8. The fourth-order valence-electron chi connectivity index (χ4n) is 10.3. The predicted octanol–water partition coefficient (Wildman–Crippen LogP) is 7.77. The van der Waals surface area contributed by atoms with Gasteiger partial charge in [-0.2, -0.15) is 0 Å². The monoisotopic (exact) mass is 952 g/mol. The van der Waals surface area contributed by atoms with E-state index in [0.717, 1.165) is 0 Å². The Morgan fingerprint density at radius 1 is 0.735 bits per heavy atom. The summed E-state index contributed by atoms with van der Waals surface area (Å²) in [6.07, 6.45) is -4.92. The molecule has 5 rings (SSSR count). The Morgan fingerprint density at radius 3 is 1.82 bits per heavy atom. The van der Waals surface area contributed by atoms with Crippen LogP contribution >= 0.6 is 0 Å². The van der Waals surface area contributed by atoms with Crippen LogP contribution in [0.2, 0.25) is 0 Å². The predicted molar refractivity (Wildman–Crippen MR) is 254 cm³/mol. The highest BCUT2D eigenvalue weighted by atomic mass is 16.7. The van der Waals surface area contributed by atoms with Gasteiger partial charge in [0.1, 0.15) is 17.3 Å². The lowest BCUT2D eigenvalue weighted by Gasteiger charge is -2.50. The minimum Gasteiger partial charge on any atom is -0.459 e. The number of rotatable bonds is 13. The van der Waals surface area contributed by atoms with Gasteiger partial charge in [0.2, 0.25) is 0 Å². The van der Waals surface area contributed by atoms with Crippen molar-refractivity contribution in [2.75, 3.05) is 35.4 Å². The smallest absolute Gasteiger partial charge is 0.338 e. The molecule has 15 nitrogen and oxygen atoms in total. The SMILES string of the molecule is CC[C@H]1OC(=O)[C@H](C)[C@H](O[C@H]2C[C@@](C)(OC)[C@@H](OC(=O)c3ccccc3)[C@H](C)O2)[C@H](C)[C@@H](O[C@@H]2O[C@H](C)C[C@H](N(C)C)[C@H]2OC(=O)c2ccccc2)[C@@](C)(OC)C[C@@H](C)C(=O)/C(C)=C/[C@]1(C)OC. The first-order chi connectivity index (χ1) is 32.0.